The Balaban J connectivity index is 1.11. The first kappa shape index (κ1) is 29.8. The molecule has 10 aromatic rings. The molecule has 3 heterocycles. The van der Waals surface area contributed by atoms with Crippen LogP contribution in [-0.4, -0.2) is 19.5 Å². The smallest absolute Gasteiger partial charge is 0.238 e. The summed E-state index contributed by atoms with van der Waals surface area (Å²) in [6.07, 6.45) is 0. The van der Waals surface area contributed by atoms with Crippen molar-refractivity contribution in [1.82, 2.24) is 19.5 Å². The number of rotatable bonds is 4. The van der Waals surface area contributed by atoms with Gasteiger partial charge in [0.05, 0.1) is 11.0 Å². The van der Waals surface area contributed by atoms with E-state index >= 15 is 0 Å². The number of aromatic nitrogens is 4. The Morgan fingerprint density at radius 2 is 1.06 bits per heavy atom. The van der Waals surface area contributed by atoms with Crippen molar-refractivity contribution in [3.8, 4) is 51.0 Å². The van der Waals surface area contributed by atoms with Crippen LogP contribution in [0.2, 0.25) is 0 Å². The Morgan fingerprint density at radius 3 is 1.83 bits per heavy atom. The highest BCUT2D eigenvalue weighted by molar-refractivity contribution is 6.11. The molecule has 5 nitrogen and oxygen atoms in total. The van der Waals surface area contributed by atoms with Gasteiger partial charge in [-0.2, -0.15) is 9.97 Å². The molecule has 0 atom stereocenters. The molecular formula is C48H32N4O. The molecule has 1 aliphatic carbocycles. The second-order valence-electron chi connectivity index (χ2n) is 14.5. The molecule has 0 aliphatic heterocycles. The number of fused-ring (bicyclic) bond motifs is 9. The molecule has 53 heavy (non-hydrogen) atoms. The van der Waals surface area contributed by atoms with Gasteiger partial charge in [0.15, 0.2) is 11.6 Å². The first-order valence-corrected chi connectivity index (χ1v) is 18.0. The third-order valence-electron chi connectivity index (χ3n) is 11.1. The van der Waals surface area contributed by atoms with E-state index in [4.69, 9.17) is 19.4 Å². The van der Waals surface area contributed by atoms with Crippen molar-refractivity contribution in [2.24, 2.45) is 0 Å². The van der Waals surface area contributed by atoms with E-state index in [9.17, 15) is 0 Å². The van der Waals surface area contributed by atoms with Crippen molar-refractivity contribution in [1.29, 1.82) is 0 Å². The first-order chi connectivity index (χ1) is 26.0. The van der Waals surface area contributed by atoms with Crippen LogP contribution in [0.5, 0.6) is 0 Å². The molecule has 0 bridgehead atoms. The Hall–Kier alpha value is -6.85. The normalized spacial score (nSPS) is 13.2. The lowest BCUT2D eigenvalue weighted by Gasteiger charge is -2.21. The summed E-state index contributed by atoms with van der Waals surface area (Å²) < 4.78 is 8.70. The molecule has 0 amide bonds. The van der Waals surface area contributed by atoms with Crippen LogP contribution in [0.1, 0.15) is 25.0 Å². The highest BCUT2D eigenvalue weighted by atomic mass is 16.3. The summed E-state index contributed by atoms with van der Waals surface area (Å²) >= 11 is 0. The highest BCUT2D eigenvalue weighted by Crippen LogP contribution is 2.51. The number of hydrogen-bond acceptors (Lipinski definition) is 4. The zero-order chi connectivity index (χ0) is 35.3. The van der Waals surface area contributed by atoms with Gasteiger partial charge in [-0.1, -0.05) is 135 Å². The second-order valence-corrected chi connectivity index (χ2v) is 14.5. The fraction of sp³-hybridized carbons (Fsp3) is 0.0625. The molecule has 250 valence electrons. The van der Waals surface area contributed by atoms with Gasteiger partial charge in [-0.3, -0.25) is 4.57 Å². The summed E-state index contributed by atoms with van der Waals surface area (Å²) in [4.78, 5) is 15.2. The molecule has 1 aliphatic rings. The Bertz CT molecular complexity index is 3020. The van der Waals surface area contributed by atoms with E-state index in [1.165, 1.54) is 22.3 Å². The average molecular weight is 681 g/mol. The molecule has 0 spiro atoms. The lowest BCUT2D eigenvalue weighted by atomic mass is 9.82. The number of hydrogen-bond donors (Lipinski definition) is 0. The standard InChI is InChI=1S/C48H32N4O/c1-48(2)39-19-11-9-17-33(39)36-27-38-37-25-31(22-24-43(37)53-44(38)28-40(36)48)32-21-23-35-34-18-10-12-20-41(34)52(42(35)26-32)47-50-45(29-13-5-3-6-14-29)49-46(51-47)30-15-7-4-8-16-30/h3-28H,1-2H3. The third kappa shape index (κ3) is 4.47. The van der Waals surface area contributed by atoms with Gasteiger partial charge in [0.25, 0.3) is 0 Å². The summed E-state index contributed by atoms with van der Waals surface area (Å²) in [6, 6.07) is 55.4. The predicted octanol–water partition coefficient (Wildman–Crippen LogP) is 12.2. The molecule has 0 fully saturated rings. The van der Waals surface area contributed by atoms with Gasteiger partial charge in [-0.15, -0.1) is 0 Å². The van der Waals surface area contributed by atoms with Gasteiger partial charge in [0, 0.05) is 38.1 Å². The van der Waals surface area contributed by atoms with Crippen molar-refractivity contribution in [3.63, 3.8) is 0 Å². The van der Waals surface area contributed by atoms with E-state index in [0.29, 0.717) is 17.6 Å². The van der Waals surface area contributed by atoms with Crippen molar-refractivity contribution in [3.05, 3.63) is 169 Å². The van der Waals surface area contributed by atoms with E-state index < -0.39 is 0 Å². The average Bonchev–Trinajstić information content (AvgIpc) is 3.82. The lowest BCUT2D eigenvalue weighted by Crippen LogP contribution is -2.14. The number of nitrogens with zero attached hydrogens (tertiary/aromatic N) is 4. The molecule has 0 saturated carbocycles. The van der Waals surface area contributed by atoms with Gasteiger partial charge in [-0.25, -0.2) is 4.98 Å². The van der Waals surface area contributed by atoms with E-state index in [1.807, 2.05) is 60.7 Å². The van der Waals surface area contributed by atoms with Gasteiger partial charge >= 0.3 is 0 Å². The van der Waals surface area contributed by atoms with Gasteiger partial charge in [-0.05, 0) is 69.8 Å². The maximum absolute atomic E-state index is 6.52. The summed E-state index contributed by atoms with van der Waals surface area (Å²) in [7, 11) is 0. The molecule has 11 rings (SSSR count). The minimum atomic E-state index is -0.0830. The first-order valence-electron chi connectivity index (χ1n) is 18.0. The zero-order valence-electron chi connectivity index (χ0n) is 29.2. The summed E-state index contributed by atoms with van der Waals surface area (Å²) in [5.74, 6) is 1.84. The molecule has 0 unspecified atom stereocenters. The van der Waals surface area contributed by atoms with Crippen LogP contribution >= 0.6 is 0 Å². The van der Waals surface area contributed by atoms with Crippen molar-refractivity contribution >= 4 is 43.7 Å². The van der Waals surface area contributed by atoms with E-state index in [0.717, 1.165) is 66.0 Å². The van der Waals surface area contributed by atoms with Crippen LogP contribution in [0.3, 0.4) is 0 Å². The van der Waals surface area contributed by atoms with Crippen LogP contribution in [0.4, 0.5) is 0 Å². The largest absolute Gasteiger partial charge is 0.456 e. The summed E-state index contributed by atoms with van der Waals surface area (Å²) in [5, 5.41) is 4.53. The monoisotopic (exact) mass is 680 g/mol. The second kappa shape index (κ2) is 11.1. The molecule has 7 aromatic carbocycles. The van der Waals surface area contributed by atoms with Gasteiger partial charge < -0.3 is 4.42 Å². The highest BCUT2D eigenvalue weighted by Gasteiger charge is 2.36. The zero-order valence-corrected chi connectivity index (χ0v) is 29.2. The van der Waals surface area contributed by atoms with Crippen LogP contribution in [0.15, 0.2) is 162 Å². The van der Waals surface area contributed by atoms with Gasteiger partial charge in [0.2, 0.25) is 5.95 Å². The molecule has 0 saturated heterocycles. The van der Waals surface area contributed by atoms with E-state index in [-0.39, 0.29) is 5.41 Å². The van der Waals surface area contributed by atoms with Crippen molar-refractivity contribution < 1.29 is 4.42 Å². The summed E-state index contributed by atoms with van der Waals surface area (Å²) in [5.41, 5.74) is 13.2. The minimum Gasteiger partial charge on any atom is -0.456 e. The van der Waals surface area contributed by atoms with Gasteiger partial charge in [0.1, 0.15) is 11.2 Å². The maximum atomic E-state index is 6.52. The molecular weight excluding hydrogens is 649 g/mol. The SMILES string of the molecule is CC1(C)c2ccccc2-c2cc3c(cc21)oc1ccc(-c2ccc4c5ccccc5n(-c5nc(-c6ccccc6)nc(-c6ccccc6)n5)c4c2)cc13. The minimum absolute atomic E-state index is 0.0830. The molecule has 0 radical (unpaired) electrons. The predicted molar refractivity (Wildman–Crippen MR) is 215 cm³/mol. The fourth-order valence-electron chi connectivity index (χ4n) is 8.41. The fourth-order valence-corrected chi connectivity index (χ4v) is 8.41. The Labute approximate surface area is 305 Å². The van der Waals surface area contributed by atoms with E-state index in [1.54, 1.807) is 0 Å². The Morgan fingerprint density at radius 1 is 0.434 bits per heavy atom. The van der Waals surface area contributed by atoms with E-state index in [2.05, 4.69) is 115 Å². The molecule has 5 heteroatoms. The number of para-hydroxylation sites is 1. The van der Waals surface area contributed by atoms with Crippen LogP contribution < -0.4 is 0 Å². The maximum Gasteiger partial charge on any atom is 0.238 e. The quantitative estimate of drug-likeness (QED) is 0.186. The summed E-state index contributed by atoms with van der Waals surface area (Å²) in [6.45, 7) is 4.61. The lowest BCUT2D eigenvalue weighted by molar-refractivity contribution is 0.647. The van der Waals surface area contributed by atoms with Crippen molar-refractivity contribution in [2.75, 3.05) is 0 Å². The van der Waals surface area contributed by atoms with Crippen LogP contribution in [0.25, 0.3) is 94.7 Å². The topological polar surface area (TPSA) is 56.7 Å². The number of benzene rings is 7. The Kier molecular flexibility index (Phi) is 6.23. The van der Waals surface area contributed by atoms with Crippen LogP contribution in [0, 0.1) is 0 Å². The van der Waals surface area contributed by atoms with Crippen LogP contribution in [-0.2, 0) is 5.41 Å². The van der Waals surface area contributed by atoms with Crippen molar-refractivity contribution in [2.45, 2.75) is 19.3 Å². The number of furan rings is 1. The third-order valence-corrected chi connectivity index (χ3v) is 11.1. The molecule has 0 N–H and O–H groups in total. The molecule has 3 aromatic heterocycles.